The number of hydrogen-bond acceptors (Lipinski definition) is 2. The van der Waals surface area contributed by atoms with Gasteiger partial charge in [0.1, 0.15) is 0 Å². The molecule has 2 aromatic carbocycles. The van der Waals surface area contributed by atoms with Gasteiger partial charge in [-0.3, -0.25) is 9.59 Å². The molecule has 2 bridgehead atoms. The molecule has 2 aliphatic carbocycles. The highest BCUT2D eigenvalue weighted by Gasteiger charge is 2.34. The molecule has 0 aliphatic heterocycles. The Morgan fingerprint density at radius 2 is 1.73 bits per heavy atom. The van der Waals surface area contributed by atoms with E-state index in [1.165, 1.54) is 24.3 Å². The van der Waals surface area contributed by atoms with Gasteiger partial charge in [0, 0.05) is 0 Å². The Kier molecular flexibility index (Phi) is 4.31. The molecule has 0 saturated heterocycles. The highest BCUT2D eigenvalue weighted by Crippen LogP contribution is 2.39. The van der Waals surface area contributed by atoms with E-state index in [-0.39, 0.29) is 27.8 Å². The largest absolute Gasteiger partial charge is 0.417 e. The minimum absolute atomic E-state index is 0.0383. The Morgan fingerprint density at radius 1 is 1.00 bits per heavy atom. The average molecular weight is 360 g/mol. The predicted molar refractivity (Wildman–Crippen MR) is 91.3 cm³/mol. The highest BCUT2D eigenvalue weighted by molar-refractivity contribution is 6.11. The van der Waals surface area contributed by atoms with Crippen LogP contribution in [0.5, 0.6) is 0 Å². The summed E-state index contributed by atoms with van der Waals surface area (Å²) in [6.45, 7) is 0. The molecule has 0 atom stereocenters. The van der Waals surface area contributed by atoms with Crippen LogP contribution < -0.4 is 11.5 Å². The van der Waals surface area contributed by atoms with Crippen molar-refractivity contribution < 1.29 is 22.8 Å². The van der Waals surface area contributed by atoms with E-state index in [4.69, 9.17) is 11.5 Å². The fourth-order valence-electron chi connectivity index (χ4n) is 3.20. The van der Waals surface area contributed by atoms with Crippen molar-refractivity contribution in [1.29, 1.82) is 0 Å². The molecular weight excluding hydrogens is 345 g/mol. The van der Waals surface area contributed by atoms with Crippen LogP contribution in [0.4, 0.5) is 13.2 Å². The second-order valence-electron chi connectivity index (χ2n) is 5.99. The van der Waals surface area contributed by atoms with E-state index < -0.39 is 23.6 Å². The van der Waals surface area contributed by atoms with Crippen LogP contribution in [0, 0.1) is 0 Å². The molecular formula is C19H15F3N2O2. The first-order chi connectivity index (χ1) is 12.2. The smallest absolute Gasteiger partial charge is 0.366 e. The summed E-state index contributed by atoms with van der Waals surface area (Å²) in [5.74, 6) is -1.79. The number of rotatable bonds is 2. The second kappa shape index (κ2) is 6.33. The summed E-state index contributed by atoms with van der Waals surface area (Å²) in [6.07, 6.45) is -0.541. The van der Waals surface area contributed by atoms with E-state index in [9.17, 15) is 22.8 Å². The Morgan fingerprint density at radius 3 is 2.35 bits per heavy atom. The number of halogens is 3. The third-order valence-electron chi connectivity index (χ3n) is 4.33. The van der Waals surface area contributed by atoms with Gasteiger partial charge < -0.3 is 11.5 Å². The van der Waals surface area contributed by atoms with Crippen molar-refractivity contribution in [3.63, 3.8) is 0 Å². The molecule has 4 nitrogen and oxygen atoms in total. The highest BCUT2D eigenvalue weighted by atomic mass is 19.4. The number of fused-ring (bicyclic) bond motifs is 4. The molecule has 134 valence electrons. The molecule has 0 fully saturated rings. The molecule has 0 unspecified atom stereocenters. The zero-order valence-electron chi connectivity index (χ0n) is 13.6. The minimum Gasteiger partial charge on any atom is -0.366 e. The van der Waals surface area contributed by atoms with Crippen molar-refractivity contribution in [2.45, 2.75) is 19.0 Å². The summed E-state index contributed by atoms with van der Waals surface area (Å²) in [4.78, 5) is 23.7. The molecule has 7 heteroatoms. The van der Waals surface area contributed by atoms with Crippen molar-refractivity contribution in [2.75, 3.05) is 0 Å². The fraction of sp³-hybridized carbons (Fsp3) is 0.158. The zero-order valence-corrected chi connectivity index (χ0v) is 13.6. The van der Waals surface area contributed by atoms with Crippen molar-refractivity contribution >= 4 is 17.9 Å². The lowest BCUT2D eigenvalue weighted by Gasteiger charge is -2.19. The number of alkyl halides is 3. The van der Waals surface area contributed by atoms with E-state index in [2.05, 4.69) is 0 Å². The Bertz CT molecular complexity index is 947. The van der Waals surface area contributed by atoms with E-state index >= 15 is 0 Å². The minimum atomic E-state index is -4.57. The Balaban J connectivity index is 2.41. The summed E-state index contributed by atoms with van der Waals surface area (Å²) < 4.78 is 40.4. The van der Waals surface area contributed by atoms with Crippen molar-refractivity contribution in [1.82, 2.24) is 0 Å². The number of primary amides is 2. The summed E-state index contributed by atoms with van der Waals surface area (Å²) in [5.41, 5.74) is 10.7. The quantitative estimate of drug-likeness (QED) is 0.858. The summed E-state index contributed by atoms with van der Waals surface area (Å²) in [5, 5.41) is 0. The molecule has 26 heavy (non-hydrogen) atoms. The third-order valence-corrected chi connectivity index (χ3v) is 4.33. The van der Waals surface area contributed by atoms with Crippen LogP contribution in [0.1, 0.15) is 43.8 Å². The summed E-state index contributed by atoms with van der Waals surface area (Å²) in [7, 11) is 0. The van der Waals surface area contributed by atoms with Crippen LogP contribution in [0.2, 0.25) is 0 Å². The van der Waals surface area contributed by atoms with Gasteiger partial charge >= 0.3 is 6.18 Å². The maximum atomic E-state index is 13.5. The van der Waals surface area contributed by atoms with Crippen LogP contribution in [0.25, 0.3) is 17.2 Å². The molecule has 0 heterocycles. The number of aryl methyl sites for hydroxylation is 1. The molecule has 0 radical (unpaired) electrons. The van der Waals surface area contributed by atoms with Crippen LogP contribution in [0.15, 0.2) is 36.4 Å². The van der Waals surface area contributed by atoms with Crippen molar-refractivity contribution in [3.8, 4) is 11.1 Å². The number of allylic oxidation sites excluding steroid dienone is 1. The van der Waals surface area contributed by atoms with Crippen LogP contribution in [-0.2, 0) is 12.6 Å². The molecule has 2 amide bonds. The topological polar surface area (TPSA) is 86.2 Å². The SMILES string of the molecule is NC(=O)c1ccc2c(c1C(N)=O)-c1ccc(c(C(F)(F)F)c1)/C=C/CC2. The number of benzene rings is 2. The molecule has 4 N–H and O–H groups in total. The first-order valence-electron chi connectivity index (χ1n) is 7.84. The lowest BCUT2D eigenvalue weighted by Crippen LogP contribution is -2.22. The third kappa shape index (κ3) is 3.08. The van der Waals surface area contributed by atoms with Crippen molar-refractivity contribution in [3.05, 3.63) is 64.2 Å². The monoisotopic (exact) mass is 360 g/mol. The molecule has 2 aliphatic rings. The molecule has 0 saturated carbocycles. The van der Waals surface area contributed by atoms with E-state index in [1.54, 1.807) is 12.1 Å². The van der Waals surface area contributed by atoms with Gasteiger partial charge in [-0.05, 0) is 47.2 Å². The lowest BCUT2D eigenvalue weighted by molar-refractivity contribution is -0.137. The normalized spacial score (nSPS) is 14.6. The maximum Gasteiger partial charge on any atom is 0.417 e. The second-order valence-corrected chi connectivity index (χ2v) is 5.99. The summed E-state index contributed by atoms with van der Waals surface area (Å²) >= 11 is 0. The number of carbonyl (C=O) groups is 2. The van der Waals surface area contributed by atoms with Crippen LogP contribution in [0.3, 0.4) is 0 Å². The maximum absolute atomic E-state index is 13.5. The van der Waals surface area contributed by atoms with Crippen molar-refractivity contribution in [2.24, 2.45) is 11.5 Å². The van der Waals surface area contributed by atoms with Crippen LogP contribution in [-0.4, -0.2) is 11.8 Å². The van der Waals surface area contributed by atoms with E-state index in [0.717, 1.165) is 6.07 Å². The van der Waals surface area contributed by atoms with E-state index in [0.29, 0.717) is 18.4 Å². The standard InChI is InChI=1S/C19H15F3N2O2/c20-19(21,22)14-9-12-6-5-10(14)3-1-2-4-11-7-8-13(17(23)25)16(15(11)12)18(24)26/h1,3,5-9H,2,4H2,(H2,23,25)(H2,24,26)/b3-1+. The first kappa shape index (κ1) is 17.7. The number of amides is 2. The Hall–Kier alpha value is -3.09. The fourth-order valence-corrected chi connectivity index (χ4v) is 3.20. The average Bonchev–Trinajstić information content (AvgIpc) is 2.57. The van der Waals surface area contributed by atoms with Gasteiger partial charge in [0.15, 0.2) is 0 Å². The van der Waals surface area contributed by atoms with Gasteiger partial charge in [0.25, 0.3) is 0 Å². The first-order valence-corrected chi connectivity index (χ1v) is 7.84. The number of carbonyl (C=O) groups excluding carboxylic acids is 2. The van der Waals surface area contributed by atoms with Crippen LogP contribution >= 0.6 is 0 Å². The van der Waals surface area contributed by atoms with Gasteiger partial charge in [0.2, 0.25) is 11.8 Å². The van der Waals surface area contributed by atoms with Gasteiger partial charge in [-0.25, -0.2) is 0 Å². The van der Waals surface area contributed by atoms with E-state index in [1.807, 2.05) is 0 Å². The predicted octanol–water partition coefficient (Wildman–Crippen LogP) is 3.53. The zero-order chi connectivity index (χ0) is 19.1. The number of hydrogen-bond donors (Lipinski definition) is 2. The van der Waals surface area contributed by atoms with Gasteiger partial charge in [0.05, 0.1) is 16.7 Å². The Labute approximate surface area is 147 Å². The molecule has 0 spiro atoms. The number of nitrogens with two attached hydrogens (primary N) is 2. The van der Waals surface area contributed by atoms with Gasteiger partial charge in [-0.1, -0.05) is 30.4 Å². The molecule has 2 aromatic rings. The van der Waals surface area contributed by atoms with Gasteiger partial charge in [-0.2, -0.15) is 13.2 Å². The summed E-state index contributed by atoms with van der Waals surface area (Å²) in [6, 6.07) is 6.77. The lowest BCUT2D eigenvalue weighted by atomic mass is 9.86. The molecule has 4 rings (SSSR count). The van der Waals surface area contributed by atoms with Gasteiger partial charge in [-0.15, -0.1) is 0 Å². The molecule has 0 aromatic heterocycles.